The summed E-state index contributed by atoms with van der Waals surface area (Å²) in [6, 6.07) is 31.9. The number of allylic oxidation sites excluding steroid dienone is 1. The van der Waals surface area contributed by atoms with Gasteiger partial charge in [-0.3, -0.25) is 4.79 Å². The predicted molar refractivity (Wildman–Crippen MR) is 164 cm³/mol. The molecule has 41 heavy (non-hydrogen) atoms. The van der Waals surface area contributed by atoms with E-state index in [9.17, 15) is 10.1 Å². The minimum atomic E-state index is -0.410. The van der Waals surface area contributed by atoms with E-state index in [2.05, 4.69) is 83.5 Å². The number of nitrogens with zero attached hydrogens (tertiary/aromatic N) is 3. The van der Waals surface area contributed by atoms with E-state index in [-0.39, 0.29) is 5.91 Å². The topological polar surface area (TPSA) is 70.7 Å². The normalized spacial score (nSPS) is 14.1. The molecule has 5 aromatic rings. The van der Waals surface area contributed by atoms with Crippen LogP contribution in [-0.4, -0.2) is 22.5 Å². The molecule has 5 nitrogen and oxygen atoms in total. The number of imidazole rings is 1. The van der Waals surface area contributed by atoms with Gasteiger partial charge in [-0.1, -0.05) is 72.8 Å². The molecule has 0 bridgehead atoms. The second-order valence-corrected chi connectivity index (χ2v) is 10.8. The van der Waals surface area contributed by atoms with Crippen LogP contribution in [0.3, 0.4) is 0 Å². The highest BCUT2D eigenvalue weighted by atomic mass is 16.1. The van der Waals surface area contributed by atoms with Crippen molar-refractivity contribution in [3.63, 3.8) is 0 Å². The minimum Gasteiger partial charge on any atom is -0.359 e. The summed E-state index contributed by atoms with van der Waals surface area (Å²) in [6.07, 6.45) is 3.48. The minimum absolute atomic E-state index is 0.0616. The number of aryl methyl sites for hydroxylation is 3. The van der Waals surface area contributed by atoms with E-state index in [0.29, 0.717) is 6.54 Å². The molecule has 0 aliphatic heterocycles. The number of fused-ring (bicyclic) bond motifs is 3. The van der Waals surface area contributed by atoms with Crippen molar-refractivity contribution in [3.05, 3.63) is 130 Å². The van der Waals surface area contributed by atoms with Crippen molar-refractivity contribution in [3.8, 4) is 17.2 Å². The van der Waals surface area contributed by atoms with Gasteiger partial charge in [0, 0.05) is 19.7 Å². The van der Waals surface area contributed by atoms with Crippen LogP contribution in [0.5, 0.6) is 0 Å². The van der Waals surface area contributed by atoms with Gasteiger partial charge in [0.1, 0.15) is 5.82 Å². The Morgan fingerprint density at radius 2 is 1.71 bits per heavy atom. The molecule has 0 radical (unpaired) electrons. The number of rotatable bonds is 5. The van der Waals surface area contributed by atoms with Crippen molar-refractivity contribution >= 4 is 22.5 Å². The lowest BCUT2D eigenvalue weighted by molar-refractivity contribution is -0.121. The first kappa shape index (κ1) is 26.3. The first-order chi connectivity index (χ1) is 20.0. The Labute approximate surface area is 240 Å². The predicted octanol–water partition coefficient (Wildman–Crippen LogP) is 6.96. The molecule has 1 atom stereocenters. The van der Waals surface area contributed by atoms with E-state index >= 15 is 0 Å². The molecular formula is C36H32N4O. The summed E-state index contributed by atoms with van der Waals surface area (Å²) < 4.78 is 2.20. The summed E-state index contributed by atoms with van der Waals surface area (Å²) in [5, 5.41) is 12.4. The third kappa shape index (κ3) is 4.83. The molecule has 1 heterocycles. The zero-order valence-electron chi connectivity index (χ0n) is 23.6. The molecule has 1 aliphatic rings. The number of carbonyl (C=O) groups is 1. The fraction of sp³-hybridized carbons (Fsp3) is 0.194. The Morgan fingerprint density at radius 1 is 0.976 bits per heavy atom. The number of carbonyl (C=O) groups excluding carboxylic acids is 1. The van der Waals surface area contributed by atoms with Gasteiger partial charge in [-0.25, -0.2) is 4.98 Å². The Kier molecular flexibility index (Phi) is 6.99. The van der Waals surface area contributed by atoms with Gasteiger partial charge < -0.3 is 9.88 Å². The number of nitriles is 1. The van der Waals surface area contributed by atoms with Crippen LogP contribution in [0.1, 0.15) is 52.0 Å². The van der Waals surface area contributed by atoms with Crippen LogP contribution in [0.15, 0.2) is 91.0 Å². The van der Waals surface area contributed by atoms with E-state index in [4.69, 9.17) is 4.98 Å². The number of aromatic nitrogens is 2. The highest BCUT2D eigenvalue weighted by Gasteiger charge is 2.24. The van der Waals surface area contributed by atoms with Gasteiger partial charge in [0.05, 0.1) is 23.0 Å². The maximum absolute atomic E-state index is 12.8. The summed E-state index contributed by atoms with van der Waals surface area (Å²) in [5.41, 5.74) is 12.1. The molecule has 1 N–H and O–H groups in total. The van der Waals surface area contributed by atoms with Gasteiger partial charge in [0.25, 0.3) is 0 Å². The van der Waals surface area contributed by atoms with Crippen molar-refractivity contribution < 1.29 is 4.79 Å². The fourth-order valence-electron chi connectivity index (χ4n) is 6.07. The third-order valence-corrected chi connectivity index (χ3v) is 8.19. The number of likely N-dealkylation sites (N-methyl/N-ethyl adjacent to an activating group) is 1. The van der Waals surface area contributed by atoms with Gasteiger partial charge >= 0.3 is 0 Å². The van der Waals surface area contributed by atoms with Gasteiger partial charge in [-0.15, -0.1) is 0 Å². The molecular weight excluding hydrogens is 504 g/mol. The van der Waals surface area contributed by atoms with E-state index in [0.717, 1.165) is 68.7 Å². The summed E-state index contributed by atoms with van der Waals surface area (Å²) in [5.74, 6) is 0.279. The zero-order chi connectivity index (χ0) is 28.5. The molecule has 1 aliphatic carbocycles. The van der Waals surface area contributed by atoms with Gasteiger partial charge in [-0.05, 0) is 88.9 Å². The smallest absolute Gasteiger partial charge is 0.230 e. The molecule has 0 saturated heterocycles. The van der Waals surface area contributed by atoms with Crippen molar-refractivity contribution in [2.75, 3.05) is 7.05 Å². The van der Waals surface area contributed by atoms with E-state index < -0.39 is 5.92 Å². The Hall–Kier alpha value is -4.95. The Balaban J connectivity index is 1.48. The molecule has 0 saturated carbocycles. The highest BCUT2D eigenvalue weighted by molar-refractivity contribution is 5.89. The monoisotopic (exact) mass is 536 g/mol. The molecule has 1 aromatic heterocycles. The molecule has 5 heteroatoms. The Bertz CT molecular complexity index is 1860. The SMILES string of the molecule is CNC(=O)C(C)c1nc2c(C)cc(-c3ccccc3)cc2n1Cc1ccc2c(c1)CCc1ccccc1C2=CC#N. The van der Waals surface area contributed by atoms with Gasteiger partial charge in [0.15, 0.2) is 0 Å². The molecule has 4 aromatic carbocycles. The van der Waals surface area contributed by atoms with Crippen molar-refractivity contribution in [2.24, 2.45) is 0 Å². The first-order valence-electron chi connectivity index (χ1n) is 14.1. The molecule has 1 unspecified atom stereocenters. The third-order valence-electron chi connectivity index (χ3n) is 8.19. The lowest BCUT2D eigenvalue weighted by Crippen LogP contribution is -2.26. The average Bonchev–Trinajstić information content (AvgIpc) is 3.29. The number of benzene rings is 4. The molecule has 0 spiro atoms. The van der Waals surface area contributed by atoms with Crippen LogP contribution in [0, 0.1) is 18.3 Å². The molecule has 202 valence electrons. The summed E-state index contributed by atoms with van der Waals surface area (Å²) in [7, 11) is 1.67. The standard InChI is InChI=1S/C36H32N4O/c1-23-19-29(26-9-5-4-6-10-26)21-33-34(23)39-35(24(2)36(41)38-3)40(33)22-25-13-16-31-28(20-25)15-14-27-11-7-8-12-30(27)32(31)17-18-37/h4-13,16-17,19-21,24H,14-15,22H2,1-3H3,(H,38,41). The zero-order valence-corrected chi connectivity index (χ0v) is 23.6. The fourth-order valence-corrected chi connectivity index (χ4v) is 6.07. The molecule has 0 fully saturated rings. The summed E-state index contributed by atoms with van der Waals surface area (Å²) in [4.78, 5) is 17.8. The first-order valence-corrected chi connectivity index (χ1v) is 14.1. The van der Waals surface area contributed by atoms with E-state index in [1.807, 2.05) is 31.2 Å². The molecule has 6 rings (SSSR count). The van der Waals surface area contributed by atoms with E-state index in [1.54, 1.807) is 13.1 Å². The van der Waals surface area contributed by atoms with Crippen LogP contribution < -0.4 is 5.32 Å². The lowest BCUT2D eigenvalue weighted by Gasteiger charge is -2.16. The molecule has 1 amide bonds. The van der Waals surface area contributed by atoms with Gasteiger partial charge in [0.2, 0.25) is 5.91 Å². The number of hydrogen-bond donors (Lipinski definition) is 1. The lowest BCUT2D eigenvalue weighted by atomic mass is 9.93. The Morgan fingerprint density at radius 3 is 2.49 bits per heavy atom. The van der Waals surface area contributed by atoms with Crippen LogP contribution >= 0.6 is 0 Å². The van der Waals surface area contributed by atoms with Crippen LogP contribution in [0.2, 0.25) is 0 Å². The van der Waals surface area contributed by atoms with E-state index in [1.165, 1.54) is 11.1 Å². The second kappa shape index (κ2) is 10.9. The van der Waals surface area contributed by atoms with Gasteiger partial charge in [-0.2, -0.15) is 5.26 Å². The average molecular weight is 537 g/mol. The van der Waals surface area contributed by atoms with Crippen molar-refractivity contribution in [2.45, 2.75) is 39.2 Å². The number of amides is 1. The largest absolute Gasteiger partial charge is 0.359 e. The summed E-state index contributed by atoms with van der Waals surface area (Å²) >= 11 is 0. The van der Waals surface area contributed by atoms with Crippen LogP contribution in [-0.2, 0) is 24.2 Å². The van der Waals surface area contributed by atoms with Crippen LogP contribution in [0.4, 0.5) is 0 Å². The maximum atomic E-state index is 12.8. The summed E-state index contributed by atoms with van der Waals surface area (Å²) in [6.45, 7) is 4.59. The highest BCUT2D eigenvalue weighted by Crippen LogP contribution is 2.35. The van der Waals surface area contributed by atoms with Crippen molar-refractivity contribution in [1.82, 2.24) is 14.9 Å². The number of nitrogens with one attached hydrogen (secondary N) is 1. The quantitative estimate of drug-likeness (QED) is 0.247. The maximum Gasteiger partial charge on any atom is 0.230 e. The number of hydrogen-bond acceptors (Lipinski definition) is 3. The van der Waals surface area contributed by atoms with Crippen molar-refractivity contribution in [1.29, 1.82) is 5.26 Å². The van der Waals surface area contributed by atoms with Crippen LogP contribution in [0.25, 0.3) is 27.7 Å². The second-order valence-electron chi connectivity index (χ2n) is 10.8.